The normalized spacial score (nSPS) is 18.3. The summed E-state index contributed by atoms with van der Waals surface area (Å²) in [5.41, 5.74) is 14.3. The second kappa shape index (κ2) is 11.7. The van der Waals surface area contributed by atoms with Crippen molar-refractivity contribution in [1.29, 1.82) is 0 Å². The van der Waals surface area contributed by atoms with Crippen LogP contribution < -0.4 is 16.8 Å². The number of nitrogens with zero attached hydrogens (tertiary/aromatic N) is 3. The third-order valence-corrected chi connectivity index (χ3v) is 6.31. The van der Waals surface area contributed by atoms with Crippen LogP contribution in [0.5, 0.6) is 0 Å². The van der Waals surface area contributed by atoms with Crippen LogP contribution in [0.15, 0.2) is 55.1 Å². The molecule has 188 valence electrons. The van der Waals surface area contributed by atoms with E-state index in [4.69, 9.17) is 11.5 Å². The molecule has 1 fully saturated rings. The average molecular weight is 481 g/mol. The van der Waals surface area contributed by atoms with Crippen molar-refractivity contribution >= 4 is 17.5 Å². The number of nitrogens with two attached hydrogens (primary N) is 2. The molecule has 0 unspecified atom stereocenters. The Morgan fingerprint density at radius 2 is 2.00 bits per heavy atom. The average Bonchev–Trinajstić information content (AvgIpc) is 3.50. The third kappa shape index (κ3) is 6.10. The molecule has 0 saturated carbocycles. The Morgan fingerprint density at radius 1 is 1.29 bits per heavy atom. The number of amides is 2. The molecule has 0 radical (unpaired) electrons. The predicted molar refractivity (Wildman–Crippen MR) is 135 cm³/mol. The number of aliphatic hydroxyl groups excluding tert-OH is 1. The molecule has 0 aliphatic carbocycles. The van der Waals surface area contributed by atoms with Crippen LogP contribution in [0.2, 0.25) is 0 Å². The van der Waals surface area contributed by atoms with E-state index in [0.717, 1.165) is 23.2 Å². The summed E-state index contributed by atoms with van der Waals surface area (Å²) < 4.78 is 1.83. The van der Waals surface area contributed by atoms with E-state index in [-0.39, 0.29) is 24.3 Å². The van der Waals surface area contributed by atoms with Gasteiger partial charge in [0.1, 0.15) is 12.1 Å². The largest absolute Gasteiger partial charge is 0.405 e. The number of imidazole rings is 1. The lowest BCUT2D eigenvalue weighted by atomic mass is 10.0. The highest BCUT2D eigenvalue weighted by atomic mass is 16.3. The van der Waals surface area contributed by atoms with E-state index in [9.17, 15) is 14.7 Å². The predicted octanol–water partition coefficient (Wildman–Crippen LogP) is 2.00. The van der Waals surface area contributed by atoms with Crippen LogP contribution >= 0.6 is 0 Å². The Bertz CT molecular complexity index is 1070. The maximum Gasteiger partial charge on any atom is 0.246 e. The summed E-state index contributed by atoms with van der Waals surface area (Å²) in [5, 5.41) is 12.9. The van der Waals surface area contributed by atoms with Crippen LogP contribution in [0.3, 0.4) is 0 Å². The molecule has 35 heavy (non-hydrogen) atoms. The molecule has 1 aromatic heterocycles. The lowest BCUT2D eigenvalue weighted by molar-refractivity contribution is -0.142. The van der Waals surface area contributed by atoms with Crippen LogP contribution in [0.4, 0.5) is 0 Å². The van der Waals surface area contributed by atoms with Gasteiger partial charge in [-0.25, -0.2) is 4.98 Å². The zero-order chi connectivity index (χ0) is 25.5. The number of hydrogen-bond donors (Lipinski definition) is 4. The summed E-state index contributed by atoms with van der Waals surface area (Å²) in [7, 11) is 0. The number of rotatable bonds is 9. The number of benzene rings is 1. The van der Waals surface area contributed by atoms with Gasteiger partial charge in [-0.1, -0.05) is 38.1 Å². The number of carbonyl (C=O) groups is 2. The van der Waals surface area contributed by atoms with Gasteiger partial charge in [0.2, 0.25) is 11.8 Å². The van der Waals surface area contributed by atoms with E-state index in [0.29, 0.717) is 18.7 Å². The van der Waals surface area contributed by atoms with Crippen molar-refractivity contribution in [3.63, 3.8) is 0 Å². The molecule has 1 aliphatic rings. The third-order valence-electron chi connectivity index (χ3n) is 6.31. The van der Waals surface area contributed by atoms with Crippen molar-refractivity contribution in [1.82, 2.24) is 19.8 Å². The number of carbonyl (C=O) groups excluding carboxylic acids is 2. The van der Waals surface area contributed by atoms with Crippen LogP contribution in [0, 0.1) is 12.8 Å². The molecule has 6 N–H and O–H groups in total. The number of allylic oxidation sites excluding steroid dienone is 2. The molecule has 1 aliphatic heterocycles. The van der Waals surface area contributed by atoms with Gasteiger partial charge in [-0.3, -0.25) is 9.59 Å². The summed E-state index contributed by atoms with van der Waals surface area (Å²) in [5.74, 6) is -0.324. The molecule has 2 aromatic rings. The fourth-order valence-electron chi connectivity index (χ4n) is 4.49. The zero-order valence-corrected chi connectivity index (χ0v) is 20.6. The van der Waals surface area contributed by atoms with Crippen LogP contribution in [0.25, 0.3) is 5.70 Å². The van der Waals surface area contributed by atoms with Gasteiger partial charge in [-0.15, -0.1) is 0 Å². The lowest BCUT2D eigenvalue weighted by Crippen LogP contribution is -2.49. The standard InChI is InChI=1S/C26H36N6O3/c1-17(2)24(31-14-18(3)29-16-31)26(35)32-13-5-7-23(32)25(34)30-22(15-33)20-10-8-19(9-11-20)21(28)6-4-12-27/h4,6,8-12,14,16-17,22-24,33H,5,7,13,15,27-28H2,1-3H3,(H,30,34)/b12-4-,21-6-/t22-,23-,24-/m0/s1. The minimum absolute atomic E-state index is 0.0333. The SMILES string of the molecule is Cc1cn([C@H](C(=O)N2CCC[C@H]2C(=O)N[C@@H](CO)c2ccc(/C(N)=C/C=C\N)cc2)C(C)C)cn1. The van der Waals surface area contributed by atoms with Gasteiger partial charge < -0.3 is 31.4 Å². The van der Waals surface area contributed by atoms with E-state index in [1.165, 1.54) is 6.20 Å². The van der Waals surface area contributed by atoms with Gasteiger partial charge in [0, 0.05) is 18.4 Å². The van der Waals surface area contributed by atoms with Gasteiger partial charge in [0.25, 0.3) is 0 Å². The maximum absolute atomic E-state index is 13.5. The first-order valence-corrected chi connectivity index (χ1v) is 11.9. The number of aromatic nitrogens is 2. The molecule has 3 rings (SSSR count). The number of hydrogen-bond acceptors (Lipinski definition) is 6. The molecule has 9 nitrogen and oxygen atoms in total. The van der Waals surface area contributed by atoms with E-state index < -0.39 is 18.1 Å². The van der Waals surface area contributed by atoms with Gasteiger partial charge in [0.15, 0.2) is 0 Å². The minimum atomic E-state index is -0.597. The second-order valence-corrected chi connectivity index (χ2v) is 9.21. The van der Waals surface area contributed by atoms with Gasteiger partial charge in [-0.2, -0.15) is 0 Å². The molecule has 2 amide bonds. The highest BCUT2D eigenvalue weighted by molar-refractivity contribution is 5.90. The van der Waals surface area contributed by atoms with Crippen LogP contribution in [-0.2, 0) is 9.59 Å². The fraction of sp³-hybridized carbons (Fsp3) is 0.423. The van der Waals surface area contributed by atoms with Gasteiger partial charge in [-0.05, 0) is 55.2 Å². The van der Waals surface area contributed by atoms with Crippen LogP contribution in [-0.4, -0.2) is 50.6 Å². The monoisotopic (exact) mass is 480 g/mol. The molecule has 9 heteroatoms. The Kier molecular flexibility index (Phi) is 8.70. The van der Waals surface area contributed by atoms with Crippen molar-refractivity contribution in [2.24, 2.45) is 17.4 Å². The highest BCUT2D eigenvalue weighted by Crippen LogP contribution is 2.27. The Hall–Kier alpha value is -3.59. The number of nitrogens with one attached hydrogen (secondary N) is 1. The van der Waals surface area contributed by atoms with Gasteiger partial charge >= 0.3 is 0 Å². The molecule has 1 saturated heterocycles. The van der Waals surface area contributed by atoms with E-state index in [2.05, 4.69) is 10.3 Å². The van der Waals surface area contributed by atoms with Crippen molar-refractivity contribution in [2.75, 3.05) is 13.2 Å². The van der Waals surface area contributed by atoms with Crippen molar-refractivity contribution in [2.45, 2.75) is 51.7 Å². The lowest BCUT2D eigenvalue weighted by Gasteiger charge is -2.31. The molecular weight excluding hydrogens is 444 g/mol. The smallest absolute Gasteiger partial charge is 0.246 e. The second-order valence-electron chi connectivity index (χ2n) is 9.21. The Labute approximate surface area is 206 Å². The van der Waals surface area contributed by atoms with Crippen molar-refractivity contribution in [3.05, 3.63) is 72.0 Å². The summed E-state index contributed by atoms with van der Waals surface area (Å²) in [6.07, 6.45) is 9.59. The summed E-state index contributed by atoms with van der Waals surface area (Å²) in [6, 6.07) is 5.67. The Balaban J connectivity index is 1.73. The van der Waals surface area contributed by atoms with E-state index in [1.54, 1.807) is 23.4 Å². The molecule has 0 spiro atoms. The molecule has 2 heterocycles. The first-order chi connectivity index (χ1) is 16.8. The minimum Gasteiger partial charge on any atom is -0.405 e. The number of aliphatic hydroxyl groups is 1. The first kappa shape index (κ1) is 26.0. The fourth-order valence-corrected chi connectivity index (χ4v) is 4.49. The molecular formula is C26H36N6O3. The van der Waals surface area contributed by atoms with Crippen molar-refractivity contribution in [3.8, 4) is 0 Å². The highest BCUT2D eigenvalue weighted by Gasteiger charge is 2.39. The number of aryl methyl sites for hydroxylation is 1. The van der Waals surface area contributed by atoms with E-state index >= 15 is 0 Å². The summed E-state index contributed by atoms with van der Waals surface area (Å²) in [4.78, 5) is 32.7. The summed E-state index contributed by atoms with van der Waals surface area (Å²) in [6.45, 7) is 6.12. The molecule has 1 aromatic carbocycles. The Morgan fingerprint density at radius 3 is 2.57 bits per heavy atom. The maximum atomic E-state index is 13.5. The number of likely N-dealkylation sites (tertiary alicyclic amines) is 1. The quantitative estimate of drug-likeness (QED) is 0.405. The van der Waals surface area contributed by atoms with Crippen LogP contribution in [0.1, 0.15) is 55.6 Å². The van der Waals surface area contributed by atoms with Gasteiger partial charge in [0.05, 0.1) is 24.7 Å². The topological polar surface area (TPSA) is 140 Å². The van der Waals surface area contributed by atoms with E-state index in [1.807, 2.05) is 55.8 Å². The summed E-state index contributed by atoms with van der Waals surface area (Å²) >= 11 is 0. The first-order valence-electron chi connectivity index (χ1n) is 11.9. The molecule has 0 bridgehead atoms. The van der Waals surface area contributed by atoms with Crippen molar-refractivity contribution < 1.29 is 14.7 Å². The molecule has 3 atom stereocenters. The zero-order valence-electron chi connectivity index (χ0n) is 20.6.